The molecule has 2 aliphatic heterocycles. The number of ether oxygens (including phenoxy) is 2. The summed E-state index contributed by atoms with van der Waals surface area (Å²) >= 11 is 1.02. The zero-order chi connectivity index (χ0) is 13.5. The maximum Gasteiger partial charge on any atom is 0.434 e. The second-order valence-electron chi connectivity index (χ2n) is 4.77. The first-order valence-corrected chi connectivity index (χ1v) is 6.86. The third-order valence-corrected chi connectivity index (χ3v) is 4.27. The number of nitrogens with zero attached hydrogens (tertiary/aromatic N) is 2. The second-order valence-corrected chi connectivity index (χ2v) is 5.61. The number of morpholine rings is 1. The third-order valence-electron chi connectivity index (χ3n) is 3.37. The van der Waals surface area contributed by atoms with Crippen molar-refractivity contribution in [2.24, 2.45) is 0 Å². The minimum Gasteiger partial charge on any atom is -0.378 e. The molecule has 0 radical (unpaired) electrons. The van der Waals surface area contributed by atoms with Crippen molar-refractivity contribution in [1.29, 1.82) is 0 Å². The number of aromatic nitrogens is 1. The van der Waals surface area contributed by atoms with Gasteiger partial charge in [0.1, 0.15) is 5.60 Å². The van der Waals surface area contributed by atoms with Crippen molar-refractivity contribution < 1.29 is 22.6 Å². The summed E-state index contributed by atoms with van der Waals surface area (Å²) in [4.78, 5) is 5.54. The molecule has 1 spiro atoms. The van der Waals surface area contributed by atoms with E-state index in [1.54, 1.807) is 0 Å². The largest absolute Gasteiger partial charge is 0.434 e. The van der Waals surface area contributed by atoms with Gasteiger partial charge < -0.3 is 14.4 Å². The summed E-state index contributed by atoms with van der Waals surface area (Å²) in [5.74, 6) is 0. The normalized spacial score (nSPS) is 28.3. The van der Waals surface area contributed by atoms with Gasteiger partial charge in [-0.3, -0.25) is 0 Å². The first kappa shape index (κ1) is 13.1. The average molecular weight is 294 g/mol. The highest BCUT2D eigenvalue weighted by Gasteiger charge is 2.42. The van der Waals surface area contributed by atoms with Crippen molar-refractivity contribution in [2.45, 2.75) is 18.2 Å². The molecule has 8 heteroatoms. The lowest BCUT2D eigenvalue weighted by Gasteiger charge is -2.39. The van der Waals surface area contributed by atoms with Gasteiger partial charge in [0.25, 0.3) is 0 Å². The van der Waals surface area contributed by atoms with E-state index in [2.05, 4.69) is 4.98 Å². The fourth-order valence-corrected chi connectivity index (χ4v) is 3.23. The van der Waals surface area contributed by atoms with Crippen molar-refractivity contribution in [3.63, 3.8) is 0 Å². The Morgan fingerprint density at radius 1 is 1.37 bits per heavy atom. The zero-order valence-electron chi connectivity index (χ0n) is 10.1. The molecule has 0 aromatic carbocycles. The third kappa shape index (κ3) is 2.56. The highest BCUT2D eigenvalue weighted by Crippen LogP contribution is 2.35. The summed E-state index contributed by atoms with van der Waals surface area (Å²) in [7, 11) is 0. The van der Waals surface area contributed by atoms with Crippen LogP contribution in [0, 0.1) is 0 Å². The van der Waals surface area contributed by atoms with Crippen molar-refractivity contribution in [3.8, 4) is 0 Å². The van der Waals surface area contributed by atoms with Crippen LogP contribution >= 0.6 is 11.3 Å². The number of hydrogen-bond acceptors (Lipinski definition) is 5. The number of halogens is 3. The molecule has 3 heterocycles. The van der Waals surface area contributed by atoms with Gasteiger partial charge in [0, 0.05) is 25.0 Å². The molecule has 1 unspecified atom stereocenters. The van der Waals surface area contributed by atoms with Crippen LogP contribution in [0.5, 0.6) is 0 Å². The molecule has 4 nitrogen and oxygen atoms in total. The van der Waals surface area contributed by atoms with Gasteiger partial charge in [-0.15, -0.1) is 11.3 Å². The maximum absolute atomic E-state index is 12.5. The molecular formula is C11H13F3N2O2S. The highest BCUT2D eigenvalue weighted by molar-refractivity contribution is 7.13. The number of alkyl halides is 3. The van der Waals surface area contributed by atoms with E-state index in [9.17, 15) is 13.2 Å². The Labute approximate surface area is 112 Å². The zero-order valence-corrected chi connectivity index (χ0v) is 10.9. The monoisotopic (exact) mass is 294 g/mol. The van der Waals surface area contributed by atoms with E-state index < -0.39 is 11.9 Å². The van der Waals surface area contributed by atoms with Gasteiger partial charge in [-0.05, 0) is 0 Å². The number of rotatable bonds is 1. The summed E-state index contributed by atoms with van der Waals surface area (Å²) in [5, 5.41) is 1.46. The van der Waals surface area contributed by atoms with Crippen LogP contribution < -0.4 is 4.90 Å². The fourth-order valence-electron chi connectivity index (χ4n) is 2.37. The van der Waals surface area contributed by atoms with Crippen LogP contribution in [0.3, 0.4) is 0 Å². The van der Waals surface area contributed by atoms with Gasteiger partial charge in [0.05, 0.1) is 19.8 Å². The van der Waals surface area contributed by atoms with E-state index in [4.69, 9.17) is 9.47 Å². The Morgan fingerprint density at radius 3 is 2.84 bits per heavy atom. The van der Waals surface area contributed by atoms with Crippen LogP contribution in [0.15, 0.2) is 5.38 Å². The molecule has 3 rings (SSSR count). The van der Waals surface area contributed by atoms with Crippen LogP contribution in [-0.2, 0) is 15.7 Å². The summed E-state index contributed by atoms with van der Waals surface area (Å²) in [6.07, 6.45) is -3.60. The van der Waals surface area contributed by atoms with E-state index in [0.29, 0.717) is 38.0 Å². The molecule has 0 saturated carbocycles. The summed E-state index contributed by atoms with van der Waals surface area (Å²) < 4.78 is 48.7. The minimum atomic E-state index is -4.38. The molecule has 1 aromatic rings. The Bertz CT molecular complexity index is 457. The van der Waals surface area contributed by atoms with Crippen molar-refractivity contribution in [1.82, 2.24) is 4.98 Å². The predicted molar refractivity (Wildman–Crippen MR) is 63.4 cm³/mol. The Morgan fingerprint density at radius 2 is 2.21 bits per heavy atom. The summed E-state index contributed by atoms with van der Waals surface area (Å²) in [6, 6.07) is 0. The quantitative estimate of drug-likeness (QED) is 0.795. The fraction of sp³-hybridized carbons (Fsp3) is 0.727. The van der Waals surface area contributed by atoms with E-state index >= 15 is 0 Å². The maximum atomic E-state index is 12.5. The van der Waals surface area contributed by atoms with Crippen LogP contribution in [0.4, 0.5) is 18.3 Å². The first-order valence-electron chi connectivity index (χ1n) is 5.98. The van der Waals surface area contributed by atoms with Crippen LogP contribution in [-0.4, -0.2) is 43.5 Å². The summed E-state index contributed by atoms with van der Waals surface area (Å²) in [5.41, 5.74) is -1.20. The van der Waals surface area contributed by atoms with E-state index in [1.807, 2.05) is 4.90 Å². The molecule has 2 aliphatic rings. The van der Waals surface area contributed by atoms with Gasteiger partial charge in [-0.1, -0.05) is 0 Å². The van der Waals surface area contributed by atoms with Crippen LogP contribution in [0.1, 0.15) is 12.1 Å². The molecule has 0 N–H and O–H groups in total. The lowest BCUT2D eigenvalue weighted by molar-refractivity contribution is -0.140. The predicted octanol–water partition coefficient (Wildman–Crippen LogP) is 2.16. The van der Waals surface area contributed by atoms with Crippen molar-refractivity contribution in [2.75, 3.05) is 37.8 Å². The summed E-state index contributed by atoms with van der Waals surface area (Å²) in [6.45, 7) is 2.73. The molecule has 0 aliphatic carbocycles. The number of thiazole rings is 1. The Hall–Kier alpha value is -0.860. The van der Waals surface area contributed by atoms with E-state index in [0.717, 1.165) is 23.1 Å². The lowest BCUT2D eigenvalue weighted by atomic mass is 10.0. The molecule has 2 fully saturated rings. The number of hydrogen-bond donors (Lipinski definition) is 0. The highest BCUT2D eigenvalue weighted by atomic mass is 32.1. The van der Waals surface area contributed by atoms with Gasteiger partial charge >= 0.3 is 6.18 Å². The molecule has 106 valence electrons. The Balaban J connectivity index is 1.76. The van der Waals surface area contributed by atoms with Gasteiger partial charge in [-0.25, -0.2) is 4.98 Å². The molecule has 2 saturated heterocycles. The smallest absolute Gasteiger partial charge is 0.378 e. The standard InChI is InChI=1S/C11H13F3N2O2S/c12-11(13,14)8-5-19-9(15-8)16-2-4-18-10(6-16)1-3-17-7-10/h5H,1-4,6-7H2. The Kier molecular flexibility index (Phi) is 3.18. The van der Waals surface area contributed by atoms with Gasteiger partial charge in [0.15, 0.2) is 10.8 Å². The van der Waals surface area contributed by atoms with E-state index in [1.165, 1.54) is 0 Å². The molecule has 1 atom stereocenters. The minimum absolute atomic E-state index is 0.373. The second kappa shape index (κ2) is 4.60. The van der Waals surface area contributed by atoms with E-state index in [-0.39, 0.29) is 5.60 Å². The SMILES string of the molecule is FC(F)(F)c1csc(N2CCOC3(CCOC3)C2)n1. The molecule has 19 heavy (non-hydrogen) atoms. The molecule has 1 aromatic heterocycles. The van der Waals surface area contributed by atoms with Gasteiger partial charge in [0.2, 0.25) is 0 Å². The lowest BCUT2D eigenvalue weighted by Crippen LogP contribution is -2.52. The first-order chi connectivity index (χ1) is 8.99. The van der Waals surface area contributed by atoms with Crippen molar-refractivity contribution in [3.05, 3.63) is 11.1 Å². The number of anilines is 1. The topological polar surface area (TPSA) is 34.6 Å². The average Bonchev–Trinajstić information content (AvgIpc) is 2.98. The molecular weight excluding hydrogens is 281 g/mol. The van der Waals surface area contributed by atoms with Gasteiger partial charge in [-0.2, -0.15) is 13.2 Å². The molecule has 0 amide bonds. The molecule has 0 bridgehead atoms. The van der Waals surface area contributed by atoms with Crippen molar-refractivity contribution >= 4 is 16.5 Å². The van der Waals surface area contributed by atoms with Crippen LogP contribution in [0.25, 0.3) is 0 Å². The van der Waals surface area contributed by atoms with Crippen LogP contribution in [0.2, 0.25) is 0 Å².